The van der Waals surface area contributed by atoms with Crippen LogP contribution < -0.4 is 5.32 Å². The van der Waals surface area contributed by atoms with Crippen molar-refractivity contribution in [1.29, 1.82) is 0 Å². The number of hydrogen-bond acceptors (Lipinski definition) is 2. The van der Waals surface area contributed by atoms with E-state index in [1.165, 1.54) is 11.3 Å². The van der Waals surface area contributed by atoms with E-state index in [9.17, 15) is 4.79 Å². The number of anilines is 1. The lowest BCUT2D eigenvalue weighted by Gasteiger charge is -2.37. The molecule has 0 radical (unpaired) electrons. The molecule has 110 valence electrons. The predicted octanol–water partition coefficient (Wildman–Crippen LogP) is 4.21. The lowest BCUT2D eigenvalue weighted by atomic mass is 9.77. The van der Waals surface area contributed by atoms with E-state index in [0.29, 0.717) is 17.4 Å². The minimum absolute atomic E-state index is 0.220. The molecule has 2 N–H and O–H groups in total. The van der Waals surface area contributed by atoms with Gasteiger partial charge in [-0.15, -0.1) is 0 Å². The Labute approximate surface area is 129 Å². The van der Waals surface area contributed by atoms with E-state index in [1.54, 1.807) is 12.1 Å². The lowest BCUT2D eigenvalue weighted by molar-refractivity contribution is 0.0697. The van der Waals surface area contributed by atoms with Crippen molar-refractivity contribution in [1.82, 2.24) is 0 Å². The predicted molar refractivity (Wildman–Crippen MR) is 86.2 cm³/mol. The van der Waals surface area contributed by atoms with Crippen molar-refractivity contribution in [2.45, 2.75) is 18.4 Å². The van der Waals surface area contributed by atoms with Gasteiger partial charge in [-0.2, -0.15) is 0 Å². The molecule has 22 heavy (non-hydrogen) atoms. The minimum atomic E-state index is -0.881. The van der Waals surface area contributed by atoms with Gasteiger partial charge in [0.2, 0.25) is 0 Å². The molecule has 3 atom stereocenters. The second-order valence-corrected chi connectivity index (χ2v) is 5.99. The molecule has 0 amide bonds. The Morgan fingerprint density at radius 1 is 1.09 bits per heavy atom. The van der Waals surface area contributed by atoms with Crippen molar-refractivity contribution < 1.29 is 9.90 Å². The van der Waals surface area contributed by atoms with E-state index < -0.39 is 5.97 Å². The van der Waals surface area contributed by atoms with Gasteiger partial charge >= 0.3 is 5.97 Å². The fourth-order valence-corrected chi connectivity index (χ4v) is 3.71. The van der Waals surface area contributed by atoms with Crippen LogP contribution in [0.5, 0.6) is 0 Å². The number of carboxylic acid groups (broad SMARTS) is 1. The fraction of sp³-hybridized carbons (Fsp3) is 0.211. The van der Waals surface area contributed by atoms with Gasteiger partial charge in [0.05, 0.1) is 11.6 Å². The number of aromatic carboxylic acids is 1. The molecule has 4 rings (SSSR count). The second kappa shape index (κ2) is 5.02. The van der Waals surface area contributed by atoms with Crippen molar-refractivity contribution in [2.75, 3.05) is 5.32 Å². The molecular weight excluding hydrogens is 274 g/mol. The Balaban J connectivity index is 1.72. The quantitative estimate of drug-likeness (QED) is 0.815. The van der Waals surface area contributed by atoms with Gasteiger partial charge in [-0.3, -0.25) is 0 Å². The van der Waals surface area contributed by atoms with Gasteiger partial charge in [-0.25, -0.2) is 4.79 Å². The van der Waals surface area contributed by atoms with Crippen LogP contribution in [-0.2, 0) is 0 Å². The number of benzene rings is 2. The van der Waals surface area contributed by atoms with Crippen molar-refractivity contribution >= 4 is 11.7 Å². The topological polar surface area (TPSA) is 49.3 Å². The zero-order valence-corrected chi connectivity index (χ0v) is 12.1. The average molecular weight is 291 g/mol. The molecule has 0 saturated carbocycles. The van der Waals surface area contributed by atoms with Crippen LogP contribution in [0.4, 0.5) is 5.69 Å². The molecule has 3 nitrogen and oxygen atoms in total. The van der Waals surface area contributed by atoms with Crippen LogP contribution in [-0.4, -0.2) is 11.1 Å². The van der Waals surface area contributed by atoms with Gasteiger partial charge < -0.3 is 10.4 Å². The summed E-state index contributed by atoms with van der Waals surface area (Å²) < 4.78 is 0. The van der Waals surface area contributed by atoms with Crippen LogP contribution in [0.15, 0.2) is 60.7 Å². The molecule has 0 fully saturated rings. The normalized spacial score (nSPS) is 25.2. The Hall–Kier alpha value is -2.55. The maximum absolute atomic E-state index is 11.0. The van der Waals surface area contributed by atoms with Gasteiger partial charge in [-0.1, -0.05) is 42.5 Å². The number of fused-ring (bicyclic) bond motifs is 3. The smallest absolute Gasteiger partial charge is 0.335 e. The van der Waals surface area contributed by atoms with Gasteiger partial charge in [-0.05, 0) is 41.7 Å². The standard InChI is InChI=1S/C19H17NO2/c21-19(22)13-10-8-12(9-11-13)18-16-6-3-5-14(16)15-4-1-2-7-17(15)20-18/h1-5,7-11,14,16,18,20H,6H2,(H,21,22). The molecule has 2 aromatic rings. The highest BCUT2D eigenvalue weighted by molar-refractivity contribution is 5.87. The summed E-state index contributed by atoms with van der Waals surface area (Å²) in [6.45, 7) is 0. The Morgan fingerprint density at radius 2 is 1.86 bits per heavy atom. The maximum Gasteiger partial charge on any atom is 0.335 e. The van der Waals surface area contributed by atoms with E-state index in [2.05, 4.69) is 41.7 Å². The number of carboxylic acids is 1. The summed E-state index contributed by atoms with van der Waals surface area (Å²) in [6, 6.07) is 15.9. The van der Waals surface area contributed by atoms with Gasteiger partial charge in [0, 0.05) is 11.6 Å². The highest BCUT2D eigenvalue weighted by atomic mass is 16.4. The lowest BCUT2D eigenvalue weighted by Crippen LogP contribution is -2.28. The monoisotopic (exact) mass is 291 g/mol. The van der Waals surface area contributed by atoms with Crippen LogP contribution in [0.3, 0.4) is 0 Å². The number of para-hydroxylation sites is 1. The van der Waals surface area contributed by atoms with Gasteiger partial charge in [0.15, 0.2) is 0 Å². The molecular formula is C19H17NO2. The molecule has 0 spiro atoms. The summed E-state index contributed by atoms with van der Waals surface area (Å²) in [5.41, 5.74) is 4.03. The van der Waals surface area contributed by atoms with E-state index >= 15 is 0 Å². The van der Waals surface area contributed by atoms with Crippen molar-refractivity contribution in [3.05, 3.63) is 77.4 Å². The van der Waals surface area contributed by atoms with Crippen LogP contribution in [0.2, 0.25) is 0 Å². The molecule has 0 saturated heterocycles. The van der Waals surface area contributed by atoms with Crippen molar-refractivity contribution in [3.63, 3.8) is 0 Å². The Morgan fingerprint density at radius 3 is 2.64 bits per heavy atom. The molecule has 1 heterocycles. The third-order valence-electron chi connectivity index (χ3n) is 4.79. The number of carbonyl (C=O) groups is 1. The maximum atomic E-state index is 11.0. The number of allylic oxidation sites excluding steroid dienone is 2. The fourth-order valence-electron chi connectivity index (χ4n) is 3.71. The highest BCUT2D eigenvalue weighted by Crippen LogP contribution is 2.49. The summed E-state index contributed by atoms with van der Waals surface area (Å²) in [4.78, 5) is 11.0. The van der Waals surface area contributed by atoms with E-state index in [4.69, 9.17) is 5.11 Å². The molecule has 0 aromatic heterocycles. The van der Waals surface area contributed by atoms with Crippen molar-refractivity contribution in [3.8, 4) is 0 Å². The molecule has 3 unspecified atom stereocenters. The molecule has 3 heteroatoms. The SMILES string of the molecule is O=C(O)c1ccc(C2Nc3ccccc3C3C=CCC32)cc1. The summed E-state index contributed by atoms with van der Waals surface area (Å²) in [5, 5.41) is 12.7. The number of rotatable bonds is 2. The van der Waals surface area contributed by atoms with E-state index in [0.717, 1.165) is 12.0 Å². The van der Waals surface area contributed by atoms with Crippen LogP contribution in [0.1, 0.15) is 39.9 Å². The summed E-state index contributed by atoms with van der Waals surface area (Å²) in [6.07, 6.45) is 5.62. The first kappa shape index (κ1) is 13.1. The van der Waals surface area contributed by atoms with Crippen LogP contribution in [0, 0.1) is 5.92 Å². The average Bonchev–Trinajstić information content (AvgIpc) is 3.04. The largest absolute Gasteiger partial charge is 0.478 e. The molecule has 2 aliphatic rings. The number of hydrogen-bond donors (Lipinski definition) is 2. The minimum Gasteiger partial charge on any atom is -0.478 e. The van der Waals surface area contributed by atoms with E-state index in [-0.39, 0.29) is 6.04 Å². The Bertz CT molecular complexity index is 748. The van der Waals surface area contributed by atoms with Crippen molar-refractivity contribution in [2.24, 2.45) is 5.92 Å². The first-order valence-corrected chi connectivity index (χ1v) is 7.59. The molecule has 0 bridgehead atoms. The highest BCUT2D eigenvalue weighted by Gasteiger charge is 2.37. The third kappa shape index (κ3) is 2.01. The van der Waals surface area contributed by atoms with Crippen LogP contribution in [0.25, 0.3) is 0 Å². The van der Waals surface area contributed by atoms with E-state index in [1.807, 2.05) is 12.1 Å². The molecule has 2 aromatic carbocycles. The first-order valence-electron chi connectivity index (χ1n) is 7.59. The first-order chi connectivity index (χ1) is 10.7. The second-order valence-electron chi connectivity index (χ2n) is 5.99. The van der Waals surface area contributed by atoms with Gasteiger partial charge in [0.1, 0.15) is 0 Å². The number of nitrogens with one attached hydrogen (secondary N) is 1. The van der Waals surface area contributed by atoms with Crippen LogP contribution >= 0.6 is 0 Å². The third-order valence-corrected chi connectivity index (χ3v) is 4.79. The molecule has 1 aliphatic heterocycles. The molecule has 1 aliphatic carbocycles. The Kier molecular flexibility index (Phi) is 3.00. The van der Waals surface area contributed by atoms with Gasteiger partial charge in [0.25, 0.3) is 0 Å². The summed E-state index contributed by atoms with van der Waals surface area (Å²) in [7, 11) is 0. The summed E-state index contributed by atoms with van der Waals surface area (Å²) in [5.74, 6) is 0.0566. The summed E-state index contributed by atoms with van der Waals surface area (Å²) >= 11 is 0. The zero-order chi connectivity index (χ0) is 15.1. The zero-order valence-electron chi connectivity index (χ0n) is 12.1.